The number of fused-ring (bicyclic) bond motifs is 1. The highest BCUT2D eigenvalue weighted by atomic mass is 16.5. The minimum atomic E-state index is 0.0797. The molecule has 0 atom stereocenters. The molecule has 1 aliphatic rings. The summed E-state index contributed by atoms with van der Waals surface area (Å²) in [5.74, 6) is 0.576. The van der Waals surface area contributed by atoms with Gasteiger partial charge in [-0.25, -0.2) is 0 Å². The zero-order chi connectivity index (χ0) is 18.0. The van der Waals surface area contributed by atoms with Gasteiger partial charge in [-0.05, 0) is 55.3 Å². The summed E-state index contributed by atoms with van der Waals surface area (Å²) in [5, 5.41) is 9.70. The largest absolute Gasteiger partial charge is 0.504 e. The number of carbonyl (C=O) groups is 1. The van der Waals surface area contributed by atoms with Gasteiger partial charge in [0.2, 0.25) is 0 Å². The molecular formula is C21H23NO3. The number of ether oxygens (including phenoxy) is 1. The molecule has 3 rings (SSSR count). The van der Waals surface area contributed by atoms with Crippen molar-refractivity contribution in [2.75, 3.05) is 25.1 Å². The first-order valence-electron chi connectivity index (χ1n) is 8.57. The third-order valence-electron chi connectivity index (χ3n) is 4.68. The number of carbonyl (C=O) groups excluding carboxylic acids is 1. The molecule has 0 heterocycles. The van der Waals surface area contributed by atoms with E-state index in [1.54, 1.807) is 18.2 Å². The zero-order valence-corrected chi connectivity index (χ0v) is 14.9. The number of methoxy groups -OCH3 is 1. The highest BCUT2D eigenvalue weighted by Gasteiger charge is 2.25. The highest BCUT2D eigenvalue weighted by molar-refractivity contribution is 6.16. The molecule has 0 aromatic heterocycles. The van der Waals surface area contributed by atoms with E-state index in [4.69, 9.17) is 4.74 Å². The maximum Gasteiger partial charge on any atom is 0.189 e. The van der Waals surface area contributed by atoms with E-state index in [0.717, 1.165) is 41.0 Å². The van der Waals surface area contributed by atoms with Crippen LogP contribution in [0.1, 0.15) is 35.3 Å². The van der Waals surface area contributed by atoms with Crippen molar-refractivity contribution < 1.29 is 14.6 Å². The van der Waals surface area contributed by atoms with E-state index in [1.165, 1.54) is 7.11 Å². The molecule has 0 aliphatic heterocycles. The average Bonchev–Trinajstić information content (AvgIpc) is 2.93. The summed E-state index contributed by atoms with van der Waals surface area (Å²) in [6.45, 7) is 6.06. The predicted molar refractivity (Wildman–Crippen MR) is 101 cm³/mol. The van der Waals surface area contributed by atoms with E-state index in [-0.39, 0.29) is 11.5 Å². The summed E-state index contributed by atoms with van der Waals surface area (Å²) < 4.78 is 5.14. The molecule has 0 radical (unpaired) electrons. The minimum absolute atomic E-state index is 0.0797. The van der Waals surface area contributed by atoms with Gasteiger partial charge in [-0.3, -0.25) is 4.79 Å². The maximum atomic E-state index is 12.8. The number of hydrogen-bond acceptors (Lipinski definition) is 4. The average molecular weight is 337 g/mol. The molecule has 1 N–H and O–H groups in total. The fraction of sp³-hybridized carbons (Fsp3) is 0.286. The van der Waals surface area contributed by atoms with Crippen molar-refractivity contribution in [2.45, 2.75) is 20.3 Å². The van der Waals surface area contributed by atoms with Crippen LogP contribution in [0, 0.1) is 0 Å². The molecule has 4 nitrogen and oxygen atoms in total. The second-order valence-electron chi connectivity index (χ2n) is 6.12. The molecule has 130 valence electrons. The van der Waals surface area contributed by atoms with Gasteiger partial charge in [0.05, 0.1) is 7.11 Å². The van der Waals surface area contributed by atoms with Gasteiger partial charge in [0, 0.05) is 36.3 Å². The highest BCUT2D eigenvalue weighted by Crippen LogP contribution is 2.33. The second kappa shape index (κ2) is 7.01. The zero-order valence-electron chi connectivity index (χ0n) is 14.9. The number of anilines is 1. The van der Waals surface area contributed by atoms with E-state index >= 15 is 0 Å². The summed E-state index contributed by atoms with van der Waals surface area (Å²) in [6.07, 6.45) is 2.51. The summed E-state index contributed by atoms with van der Waals surface area (Å²) in [5.41, 5.74) is 4.55. The van der Waals surface area contributed by atoms with Crippen LogP contribution in [0.4, 0.5) is 5.69 Å². The Labute approximate surface area is 148 Å². The smallest absolute Gasteiger partial charge is 0.189 e. The number of hydrogen-bond donors (Lipinski definition) is 1. The third kappa shape index (κ3) is 3.25. The Hall–Kier alpha value is -2.75. The van der Waals surface area contributed by atoms with Gasteiger partial charge in [0.1, 0.15) is 0 Å². The molecular weight excluding hydrogens is 314 g/mol. The fourth-order valence-electron chi connectivity index (χ4n) is 3.28. The van der Waals surface area contributed by atoms with Crippen LogP contribution >= 0.6 is 0 Å². The number of nitrogens with zero attached hydrogens (tertiary/aromatic N) is 1. The van der Waals surface area contributed by atoms with Crippen LogP contribution in [0.3, 0.4) is 0 Å². The first kappa shape index (κ1) is 17.1. The van der Waals surface area contributed by atoms with Crippen molar-refractivity contribution in [2.24, 2.45) is 0 Å². The molecule has 0 bridgehead atoms. The molecule has 0 spiro atoms. The maximum absolute atomic E-state index is 12.8. The summed E-state index contributed by atoms with van der Waals surface area (Å²) in [6, 6.07) is 11.2. The topological polar surface area (TPSA) is 49.8 Å². The van der Waals surface area contributed by atoms with Crippen LogP contribution in [-0.4, -0.2) is 31.1 Å². The van der Waals surface area contributed by atoms with Gasteiger partial charge >= 0.3 is 0 Å². The van der Waals surface area contributed by atoms with Crippen molar-refractivity contribution in [3.05, 3.63) is 58.7 Å². The Morgan fingerprint density at radius 3 is 2.60 bits per heavy atom. The van der Waals surface area contributed by atoms with Crippen LogP contribution in [0.25, 0.3) is 6.08 Å². The lowest BCUT2D eigenvalue weighted by Crippen LogP contribution is -2.21. The first-order valence-corrected chi connectivity index (χ1v) is 8.57. The van der Waals surface area contributed by atoms with Crippen molar-refractivity contribution in [1.29, 1.82) is 0 Å². The normalized spacial score (nSPS) is 14.7. The molecule has 4 heteroatoms. The molecule has 2 aromatic carbocycles. The van der Waals surface area contributed by atoms with Crippen LogP contribution in [0.2, 0.25) is 0 Å². The van der Waals surface area contributed by atoms with Crippen molar-refractivity contribution in [3.8, 4) is 11.5 Å². The minimum Gasteiger partial charge on any atom is -0.504 e. The number of ketones is 1. The number of benzene rings is 2. The van der Waals surface area contributed by atoms with Gasteiger partial charge in [-0.2, -0.15) is 0 Å². The second-order valence-corrected chi connectivity index (χ2v) is 6.12. The van der Waals surface area contributed by atoms with Crippen molar-refractivity contribution in [1.82, 2.24) is 0 Å². The monoisotopic (exact) mass is 337 g/mol. The quantitative estimate of drug-likeness (QED) is 0.836. The van der Waals surface area contributed by atoms with Crippen LogP contribution in [0.15, 0.2) is 42.0 Å². The standard InChI is InChI=1S/C21H23NO3/c1-4-22(5-2)17-8-7-15-12-16(21(24)18(15)13-17)10-14-6-9-19(23)20(11-14)25-3/h6-11,13,23H,4-5,12H2,1-3H3. The molecule has 2 aromatic rings. The Kier molecular flexibility index (Phi) is 4.79. The van der Waals surface area contributed by atoms with E-state index in [1.807, 2.05) is 12.1 Å². The molecule has 0 saturated carbocycles. The fourth-order valence-corrected chi connectivity index (χ4v) is 3.28. The number of allylic oxidation sites excluding steroid dienone is 1. The lowest BCUT2D eigenvalue weighted by atomic mass is 10.1. The Balaban J connectivity index is 1.92. The van der Waals surface area contributed by atoms with Crippen molar-refractivity contribution >= 4 is 17.5 Å². The van der Waals surface area contributed by atoms with Gasteiger partial charge in [-0.15, -0.1) is 0 Å². The Morgan fingerprint density at radius 1 is 1.16 bits per heavy atom. The van der Waals surface area contributed by atoms with Gasteiger partial charge in [0.25, 0.3) is 0 Å². The molecule has 0 unspecified atom stereocenters. The number of phenolic OH excluding ortho intramolecular Hbond substituents is 1. The molecule has 0 saturated heterocycles. The molecule has 0 fully saturated rings. The third-order valence-corrected chi connectivity index (χ3v) is 4.68. The summed E-state index contributed by atoms with van der Waals surface area (Å²) >= 11 is 0. The van der Waals surface area contributed by atoms with Crippen molar-refractivity contribution in [3.63, 3.8) is 0 Å². The van der Waals surface area contributed by atoms with E-state index in [9.17, 15) is 9.90 Å². The lowest BCUT2D eigenvalue weighted by molar-refractivity contribution is 0.104. The number of Topliss-reactive ketones (excluding diaryl/α,β-unsaturated/α-hetero) is 1. The van der Waals surface area contributed by atoms with E-state index in [0.29, 0.717) is 12.2 Å². The van der Waals surface area contributed by atoms with Gasteiger partial charge in [-0.1, -0.05) is 12.1 Å². The van der Waals surface area contributed by atoms with Gasteiger partial charge < -0.3 is 14.7 Å². The van der Waals surface area contributed by atoms with Crippen LogP contribution < -0.4 is 9.64 Å². The molecule has 25 heavy (non-hydrogen) atoms. The number of rotatable bonds is 5. The Morgan fingerprint density at radius 2 is 1.92 bits per heavy atom. The first-order chi connectivity index (χ1) is 12.1. The SMILES string of the molecule is CCN(CC)c1ccc2c(c1)C(=O)C(=Cc1ccc(O)c(OC)c1)C2. The Bertz CT molecular complexity index is 835. The van der Waals surface area contributed by atoms with E-state index < -0.39 is 0 Å². The number of phenols is 1. The number of aromatic hydroxyl groups is 1. The lowest BCUT2D eigenvalue weighted by Gasteiger charge is -2.21. The van der Waals surface area contributed by atoms with E-state index in [2.05, 4.69) is 30.9 Å². The summed E-state index contributed by atoms with van der Waals surface area (Å²) in [4.78, 5) is 15.0. The van der Waals surface area contributed by atoms with Gasteiger partial charge in [0.15, 0.2) is 17.3 Å². The van der Waals surface area contributed by atoms with Crippen LogP contribution in [-0.2, 0) is 6.42 Å². The summed E-state index contributed by atoms with van der Waals surface area (Å²) in [7, 11) is 1.51. The molecule has 1 aliphatic carbocycles. The molecule has 0 amide bonds. The van der Waals surface area contributed by atoms with Crippen LogP contribution in [0.5, 0.6) is 11.5 Å². The predicted octanol–water partition coefficient (Wildman–Crippen LogP) is 4.07.